The van der Waals surface area contributed by atoms with Gasteiger partial charge in [0.05, 0.1) is 0 Å². The summed E-state index contributed by atoms with van der Waals surface area (Å²) in [6.07, 6.45) is 11.1. The average Bonchev–Trinajstić information content (AvgIpc) is 2.57. The van der Waals surface area contributed by atoms with Crippen molar-refractivity contribution in [1.82, 2.24) is 4.90 Å². The minimum atomic E-state index is 0.404. The minimum Gasteiger partial charge on any atom is -0.342 e. The highest BCUT2D eigenvalue weighted by atomic mass is 79.9. The zero-order chi connectivity index (χ0) is 12.1. The molecule has 1 amide bonds. The third kappa shape index (κ3) is 4.27. The lowest BCUT2D eigenvalue weighted by Gasteiger charge is -2.31. The maximum absolute atomic E-state index is 12.2. The number of carbonyl (C=O) groups is 1. The van der Waals surface area contributed by atoms with Crippen molar-refractivity contribution in [3.8, 4) is 0 Å². The number of amides is 1. The summed E-state index contributed by atoms with van der Waals surface area (Å²) in [4.78, 5) is 14.8. The third-order valence-corrected chi connectivity index (χ3v) is 4.90. The van der Waals surface area contributed by atoms with E-state index in [0.717, 1.165) is 25.9 Å². The highest BCUT2D eigenvalue weighted by molar-refractivity contribution is 9.09. The van der Waals surface area contributed by atoms with Gasteiger partial charge >= 0.3 is 0 Å². The molecule has 2 nitrogen and oxygen atoms in total. The maximum Gasteiger partial charge on any atom is 0.222 e. The Morgan fingerprint density at radius 1 is 1.06 bits per heavy atom. The molecule has 0 spiro atoms. The first-order chi connectivity index (χ1) is 8.25. The SMILES string of the molecule is O=C(CC1CCCCCC1)N1CCCC(Br)C1. The molecule has 1 atom stereocenters. The minimum absolute atomic E-state index is 0.404. The van der Waals surface area contributed by atoms with Crippen molar-refractivity contribution in [3.63, 3.8) is 0 Å². The van der Waals surface area contributed by atoms with E-state index < -0.39 is 0 Å². The van der Waals surface area contributed by atoms with E-state index in [-0.39, 0.29) is 0 Å². The molecular weight excluding hydrogens is 278 g/mol. The van der Waals surface area contributed by atoms with E-state index in [4.69, 9.17) is 0 Å². The fraction of sp³-hybridized carbons (Fsp3) is 0.929. The number of halogens is 1. The van der Waals surface area contributed by atoms with Gasteiger partial charge in [0.2, 0.25) is 5.91 Å². The van der Waals surface area contributed by atoms with E-state index in [1.54, 1.807) is 0 Å². The largest absolute Gasteiger partial charge is 0.342 e. The molecule has 1 unspecified atom stereocenters. The zero-order valence-electron chi connectivity index (χ0n) is 10.7. The topological polar surface area (TPSA) is 20.3 Å². The molecular formula is C14H24BrNO. The van der Waals surface area contributed by atoms with Crippen LogP contribution in [-0.2, 0) is 4.79 Å². The first kappa shape index (κ1) is 13.4. The standard InChI is InChI=1S/C14H24BrNO/c15-13-8-5-9-16(11-13)14(17)10-12-6-3-1-2-4-7-12/h12-13H,1-11H2. The van der Waals surface area contributed by atoms with Crippen molar-refractivity contribution >= 4 is 21.8 Å². The molecule has 0 aromatic heterocycles. The van der Waals surface area contributed by atoms with E-state index in [1.165, 1.54) is 44.9 Å². The molecule has 1 aliphatic carbocycles. The van der Waals surface area contributed by atoms with Crippen LogP contribution in [-0.4, -0.2) is 28.7 Å². The number of carbonyl (C=O) groups excluding carboxylic acids is 1. The van der Waals surface area contributed by atoms with E-state index in [9.17, 15) is 4.79 Å². The second-order valence-corrected chi connectivity index (χ2v) is 6.94. The molecule has 0 radical (unpaired) electrons. The maximum atomic E-state index is 12.2. The molecule has 0 bridgehead atoms. The van der Waals surface area contributed by atoms with Crippen LogP contribution in [0.5, 0.6) is 0 Å². The lowest BCUT2D eigenvalue weighted by atomic mass is 9.95. The molecule has 0 aromatic rings. The summed E-state index contributed by atoms with van der Waals surface area (Å²) in [5.74, 6) is 1.07. The van der Waals surface area contributed by atoms with Crippen LogP contribution in [0, 0.1) is 5.92 Å². The van der Waals surface area contributed by atoms with Crippen LogP contribution in [0.1, 0.15) is 57.8 Å². The van der Waals surface area contributed by atoms with Gasteiger partial charge in [0.15, 0.2) is 0 Å². The van der Waals surface area contributed by atoms with Gasteiger partial charge in [-0.3, -0.25) is 4.79 Å². The Kier molecular flexibility index (Phi) is 5.33. The highest BCUT2D eigenvalue weighted by Gasteiger charge is 2.24. The van der Waals surface area contributed by atoms with E-state index in [0.29, 0.717) is 16.7 Å². The van der Waals surface area contributed by atoms with Crippen molar-refractivity contribution in [3.05, 3.63) is 0 Å². The Labute approximate surface area is 113 Å². The third-order valence-electron chi connectivity index (χ3n) is 4.15. The monoisotopic (exact) mass is 301 g/mol. The molecule has 1 aliphatic heterocycles. The molecule has 1 saturated heterocycles. The highest BCUT2D eigenvalue weighted by Crippen LogP contribution is 2.27. The Bertz CT molecular complexity index is 249. The lowest BCUT2D eigenvalue weighted by Crippen LogP contribution is -2.40. The molecule has 1 saturated carbocycles. The first-order valence-electron chi connectivity index (χ1n) is 7.17. The fourth-order valence-electron chi connectivity index (χ4n) is 3.10. The molecule has 17 heavy (non-hydrogen) atoms. The molecule has 2 rings (SSSR count). The normalized spacial score (nSPS) is 27.8. The van der Waals surface area contributed by atoms with E-state index in [1.807, 2.05) is 0 Å². The fourth-order valence-corrected chi connectivity index (χ4v) is 3.77. The van der Waals surface area contributed by atoms with Gasteiger partial charge in [-0.05, 0) is 31.6 Å². The Morgan fingerprint density at radius 2 is 1.76 bits per heavy atom. The smallest absolute Gasteiger partial charge is 0.222 e. The van der Waals surface area contributed by atoms with Gasteiger partial charge in [-0.2, -0.15) is 0 Å². The van der Waals surface area contributed by atoms with Gasteiger partial charge in [-0.15, -0.1) is 0 Å². The molecule has 2 fully saturated rings. The number of nitrogens with zero attached hydrogens (tertiary/aromatic N) is 1. The second-order valence-electron chi connectivity index (χ2n) is 5.64. The van der Waals surface area contributed by atoms with E-state index >= 15 is 0 Å². The first-order valence-corrected chi connectivity index (χ1v) is 8.09. The Morgan fingerprint density at radius 3 is 2.41 bits per heavy atom. The summed E-state index contributed by atoms with van der Waals surface area (Å²) in [6, 6.07) is 0. The number of piperidine rings is 1. The van der Waals surface area contributed by atoms with Crippen molar-refractivity contribution < 1.29 is 4.79 Å². The average molecular weight is 302 g/mol. The number of rotatable bonds is 2. The number of hydrogen-bond donors (Lipinski definition) is 0. The van der Waals surface area contributed by atoms with Gasteiger partial charge in [-0.25, -0.2) is 0 Å². The number of hydrogen-bond acceptors (Lipinski definition) is 1. The number of alkyl halides is 1. The molecule has 0 aromatic carbocycles. The second kappa shape index (κ2) is 6.77. The van der Waals surface area contributed by atoms with Gasteiger partial charge in [0.1, 0.15) is 0 Å². The summed E-state index contributed by atoms with van der Waals surface area (Å²) in [6.45, 7) is 1.90. The van der Waals surface area contributed by atoms with Crippen LogP contribution >= 0.6 is 15.9 Å². The summed E-state index contributed by atoms with van der Waals surface area (Å²) >= 11 is 3.64. The summed E-state index contributed by atoms with van der Waals surface area (Å²) in [5, 5.41) is 0. The quantitative estimate of drug-likeness (QED) is 0.562. The lowest BCUT2D eigenvalue weighted by molar-refractivity contribution is -0.133. The van der Waals surface area contributed by atoms with Gasteiger partial charge in [-0.1, -0.05) is 41.6 Å². The number of likely N-dealkylation sites (tertiary alicyclic amines) is 1. The molecule has 1 heterocycles. The van der Waals surface area contributed by atoms with Crippen molar-refractivity contribution in [2.45, 2.75) is 62.6 Å². The van der Waals surface area contributed by atoms with Gasteiger partial charge in [0, 0.05) is 24.3 Å². The molecule has 2 aliphatic rings. The Hall–Kier alpha value is -0.0500. The van der Waals surface area contributed by atoms with Crippen LogP contribution in [0.3, 0.4) is 0 Å². The van der Waals surface area contributed by atoms with Gasteiger partial charge in [0.25, 0.3) is 0 Å². The summed E-state index contributed by atoms with van der Waals surface area (Å²) in [5.41, 5.74) is 0. The zero-order valence-corrected chi connectivity index (χ0v) is 12.3. The van der Waals surface area contributed by atoms with Crippen LogP contribution < -0.4 is 0 Å². The van der Waals surface area contributed by atoms with Crippen LogP contribution in [0.15, 0.2) is 0 Å². The summed E-state index contributed by atoms with van der Waals surface area (Å²) < 4.78 is 0. The predicted octanol–water partition coefficient (Wildman–Crippen LogP) is 3.73. The molecule has 0 N–H and O–H groups in total. The van der Waals surface area contributed by atoms with Crippen molar-refractivity contribution in [1.29, 1.82) is 0 Å². The van der Waals surface area contributed by atoms with Crippen LogP contribution in [0.2, 0.25) is 0 Å². The summed E-state index contributed by atoms with van der Waals surface area (Å²) in [7, 11) is 0. The predicted molar refractivity (Wildman–Crippen MR) is 74.3 cm³/mol. The van der Waals surface area contributed by atoms with Gasteiger partial charge < -0.3 is 4.90 Å². The van der Waals surface area contributed by atoms with Crippen LogP contribution in [0.25, 0.3) is 0 Å². The van der Waals surface area contributed by atoms with Crippen molar-refractivity contribution in [2.75, 3.05) is 13.1 Å². The van der Waals surface area contributed by atoms with E-state index in [2.05, 4.69) is 20.8 Å². The molecule has 3 heteroatoms. The molecule has 98 valence electrons. The van der Waals surface area contributed by atoms with Crippen molar-refractivity contribution in [2.24, 2.45) is 5.92 Å². The Balaban J connectivity index is 1.78. The van der Waals surface area contributed by atoms with Crippen LogP contribution in [0.4, 0.5) is 0 Å².